The maximum Gasteiger partial charge on any atom is 0.258 e. The Morgan fingerprint density at radius 3 is 2.23 bits per heavy atom. The van der Waals surface area contributed by atoms with E-state index in [0.29, 0.717) is 34.0 Å². The average molecular weight is 340 g/mol. The zero-order valence-electron chi connectivity index (χ0n) is 13.5. The summed E-state index contributed by atoms with van der Waals surface area (Å²) in [6, 6.07) is 17.5. The second kappa shape index (κ2) is 7.56. The van der Waals surface area contributed by atoms with Crippen molar-refractivity contribution >= 4 is 23.2 Å². The molecule has 0 fully saturated rings. The summed E-state index contributed by atoms with van der Waals surface area (Å²) in [5, 5.41) is 23.4. The molecular formula is C19H12N6O. The minimum Gasteiger partial charge on any atom is -0.324 e. The number of anilines is 3. The van der Waals surface area contributed by atoms with E-state index in [2.05, 4.69) is 26.7 Å². The zero-order chi connectivity index (χ0) is 18.4. The molecule has 0 saturated heterocycles. The van der Waals surface area contributed by atoms with Gasteiger partial charge in [-0.05, 0) is 42.5 Å². The van der Waals surface area contributed by atoms with Crippen molar-refractivity contribution in [2.75, 3.05) is 10.6 Å². The van der Waals surface area contributed by atoms with E-state index in [0.717, 1.165) is 0 Å². The topological polar surface area (TPSA) is 114 Å². The Balaban J connectivity index is 1.67. The van der Waals surface area contributed by atoms with Crippen LogP contribution in [0, 0.1) is 22.7 Å². The van der Waals surface area contributed by atoms with Crippen LogP contribution in [-0.4, -0.2) is 15.9 Å². The molecule has 7 nitrogen and oxygen atoms in total. The van der Waals surface area contributed by atoms with Gasteiger partial charge in [0.2, 0.25) is 5.95 Å². The monoisotopic (exact) mass is 340 g/mol. The molecule has 7 heteroatoms. The third kappa shape index (κ3) is 3.99. The molecule has 3 aromatic rings. The number of nitriles is 2. The SMILES string of the molecule is N#Cc1ccc(NC(=O)c2cnc(Nc3cccc(C#N)c3)nc2)cc1. The minimum absolute atomic E-state index is 0.297. The second-order valence-electron chi connectivity index (χ2n) is 5.26. The van der Waals surface area contributed by atoms with Crippen LogP contribution in [0.2, 0.25) is 0 Å². The van der Waals surface area contributed by atoms with E-state index in [1.807, 2.05) is 6.07 Å². The van der Waals surface area contributed by atoms with Crippen molar-refractivity contribution in [1.29, 1.82) is 10.5 Å². The normalized spacial score (nSPS) is 9.62. The fourth-order valence-electron chi connectivity index (χ4n) is 2.14. The van der Waals surface area contributed by atoms with E-state index < -0.39 is 0 Å². The highest BCUT2D eigenvalue weighted by molar-refractivity contribution is 6.03. The number of benzene rings is 2. The predicted octanol–water partition coefficient (Wildman–Crippen LogP) is 3.22. The molecule has 0 aliphatic heterocycles. The first-order chi connectivity index (χ1) is 12.7. The van der Waals surface area contributed by atoms with Gasteiger partial charge in [-0.2, -0.15) is 10.5 Å². The molecule has 26 heavy (non-hydrogen) atoms. The first-order valence-electron chi connectivity index (χ1n) is 7.59. The molecule has 0 unspecified atom stereocenters. The Kier molecular flexibility index (Phi) is 4.83. The van der Waals surface area contributed by atoms with Crippen LogP contribution in [0.1, 0.15) is 21.5 Å². The summed E-state index contributed by atoms with van der Waals surface area (Å²) in [5.74, 6) is -0.0391. The van der Waals surface area contributed by atoms with Crippen LogP contribution in [0.3, 0.4) is 0 Å². The average Bonchev–Trinajstić information content (AvgIpc) is 2.69. The lowest BCUT2D eigenvalue weighted by atomic mass is 10.2. The fraction of sp³-hybridized carbons (Fsp3) is 0. The van der Waals surface area contributed by atoms with Crippen LogP contribution < -0.4 is 10.6 Å². The van der Waals surface area contributed by atoms with Crippen LogP contribution in [0.4, 0.5) is 17.3 Å². The van der Waals surface area contributed by atoms with Crippen molar-refractivity contribution in [3.8, 4) is 12.1 Å². The lowest BCUT2D eigenvalue weighted by Gasteiger charge is -2.07. The third-order valence-electron chi connectivity index (χ3n) is 3.43. The number of rotatable bonds is 4. The van der Waals surface area contributed by atoms with Crippen molar-refractivity contribution < 1.29 is 4.79 Å². The first-order valence-corrected chi connectivity index (χ1v) is 7.59. The number of carbonyl (C=O) groups is 1. The van der Waals surface area contributed by atoms with Crippen LogP contribution in [-0.2, 0) is 0 Å². The van der Waals surface area contributed by atoms with Crippen molar-refractivity contribution in [1.82, 2.24) is 9.97 Å². The maximum absolute atomic E-state index is 12.2. The van der Waals surface area contributed by atoms with E-state index >= 15 is 0 Å². The van der Waals surface area contributed by atoms with Gasteiger partial charge >= 0.3 is 0 Å². The Morgan fingerprint density at radius 2 is 1.58 bits per heavy atom. The van der Waals surface area contributed by atoms with E-state index in [-0.39, 0.29) is 5.91 Å². The molecule has 1 aromatic heterocycles. The number of aromatic nitrogens is 2. The van der Waals surface area contributed by atoms with Crippen molar-refractivity contribution in [3.63, 3.8) is 0 Å². The molecule has 2 N–H and O–H groups in total. The van der Waals surface area contributed by atoms with E-state index in [1.54, 1.807) is 48.5 Å². The molecule has 0 saturated carbocycles. The van der Waals surface area contributed by atoms with Gasteiger partial charge in [0.25, 0.3) is 5.91 Å². The van der Waals surface area contributed by atoms with Gasteiger partial charge in [0.15, 0.2) is 0 Å². The lowest BCUT2D eigenvalue weighted by Crippen LogP contribution is -2.13. The first kappa shape index (κ1) is 16.6. The summed E-state index contributed by atoms with van der Waals surface area (Å²) in [6.45, 7) is 0. The second-order valence-corrected chi connectivity index (χ2v) is 5.26. The van der Waals surface area contributed by atoms with Gasteiger partial charge in [0.05, 0.1) is 28.8 Å². The van der Waals surface area contributed by atoms with Gasteiger partial charge in [-0.1, -0.05) is 6.07 Å². The highest BCUT2D eigenvalue weighted by Gasteiger charge is 2.08. The molecule has 1 heterocycles. The standard InChI is InChI=1S/C19H12N6O/c20-9-13-4-6-16(7-5-13)24-18(26)15-11-22-19(23-12-15)25-17-3-1-2-14(8-17)10-21/h1-8,11-12H,(H,24,26)(H,22,23,25). The molecule has 0 bridgehead atoms. The summed E-state index contributed by atoms with van der Waals surface area (Å²) >= 11 is 0. The van der Waals surface area contributed by atoms with E-state index in [9.17, 15) is 4.79 Å². The Labute approximate surface area is 149 Å². The largest absolute Gasteiger partial charge is 0.324 e. The predicted molar refractivity (Wildman–Crippen MR) is 95.6 cm³/mol. The molecule has 2 aromatic carbocycles. The number of nitrogens with one attached hydrogen (secondary N) is 2. The van der Waals surface area contributed by atoms with Crippen LogP contribution >= 0.6 is 0 Å². The smallest absolute Gasteiger partial charge is 0.258 e. The summed E-state index contributed by atoms with van der Waals surface area (Å²) in [6.07, 6.45) is 2.81. The summed E-state index contributed by atoms with van der Waals surface area (Å²) < 4.78 is 0. The van der Waals surface area contributed by atoms with Gasteiger partial charge < -0.3 is 10.6 Å². The van der Waals surface area contributed by atoms with Gasteiger partial charge in [-0.25, -0.2) is 9.97 Å². The molecule has 3 rings (SSSR count). The van der Waals surface area contributed by atoms with Gasteiger partial charge in [0.1, 0.15) is 0 Å². The van der Waals surface area contributed by atoms with Crippen molar-refractivity contribution in [3.05, 3.63) is 77.6 Å². The molecule has 124 valence electrons. The van der Waals surface area contributed by atoms with Crippen LogP contribution in [0.25, 0.3) is 0 Å². The molecule has 0 atom stereocenters. The highest BCUT2D eigenvalue weighted by atomic mass is 16.1. The fourth-order valence-corrected chi connectivity index (χ4v) is 2.14. The molecule has 0 aliphatic carbocycles. The van der Waals surface area contributed by atoms with Crippen molar-refractivity contribution in [2.45, 2.75) is 0 Å². The van der Waals surface area contributed by atoms with Crippen LogP contribution in [0.5, 0.6) is 0 Å². The zero-order valence-corrected chi connectivity index (χ0v) is 13.5. The summed E-state index contributed by atoms with van der Waals surface area (Å²) in [5.41, 5.74) is 2.59. The molecule has 1 amide bonds. The number of amides is 1. The molecular weight excluding hydrogens is 328 g/mol. The number of nitrogens with zero attached hydrogens (tertiary/aromatic N) is 4. The molecule has 0 aliphatic rings. The Hall–Kier alpha value is -4.23. The minimum atomic E-state index is -0.354. The molecule has 0 radical (unpaired) electrons. The van der Waals surface area contributed by atoms with Gasteiger partial charge in [0, 0.05) is 23.8 Å². The van der Waals surface area contributed by atoms with Gasteiger partial charge in [-0.3, -0.25) is 4.79 Å². The number of hydrogen-bond donors (Lipinski definition) is 2. The van der Waals surface area contributed by atoms with Crippen LogP contribution in [0.15, 0.2) is 60.9 Å². The highest BCUT2D eigenvalue weighted by Crippen LogP contribution is 2.15. The Bertz CT molecular complexity index is 1010. The van der Waals surface area contributed by atoms with E-state index in [4.69, 9.17) is 10.5 Å². The quantitative estimate of drug-likeness (QED) is 0.753. The number of hydrogen-bond acceptors (Lipinski definition) is 6. The lowest BCUT2D eigenvalue weighted by molar-refractivity contribution is 0.102. The summed E-state index contributed by atoms with van der Waals surface area (Å²) in [7, 11) is 0. The van der Waals surface area contributed by atoms with Crippen molar-refractivity contribution in [2.24, 2.45) is 0 Å². The summed E-state index contributed by atoms with van der Waals surface area (Å²) in [4.78, 5) is 20.4. The Morgan fingerprint density at radius 1 is 0.885 bits per heavy atom. The van der Waals surface area contributed by atoms with Gasteiger partial charge in [-0.15, -0.1) is 0 Å². The van der Waals surface area contributed by atoms with E-state index in [1.165, 1.54) is 12.4 Å². The maximum atomic E-state index is 12.2. The molecule has 0 spiro atoms. The number of carbonyl (C=O) groups excluding carboxylic acids is 1. The third-order valence-corrected chi connectivity index (χ3v) is 3.43.